The lowest BCUT2D eigenvalue weighted by Gasteiger charge is -2.61. The molecule has 9 heteroatoms. The highest BCUT2D eigenvalue weighted by Gasteiger charge is 2.60. The Hall–Kier alpha value is -4.66. The van der Waals surface area contributed by atoms with E-state index >= 15 is 0 Å². The number of benzene rings is 3. The van der Waals surface area contributed by atoms with Crippen LogP contribution in [0.1, 0.15) is 115 Å². The van der Waals surface area contributed by atoms with Crippen LogP contribution < -0.4 is 5.32 Å². The molecule has 4 aliphatic rings. The smallest absolute Gasteiger partial charge is 0.408 e. The largest absolute Gasteiger partial charge is 0.462 e. The fourth-order valence-corrected chi connectivity index (χ4v) is 12.0. The summed E-state index contributed by atoms with van der Waals surface area (Å²) in [6.45, 7) is 7.81. The first kappa shape index (κ1) is 42.5. The van der Waals surface area contributed by atoms with E-state index in [0.29, 0.717) is 54.0 Å². The molecule has 0 aromatic heterocycles. The number of amides is 1. The van der Waals surface area contributed by atoms with Crippen LogP contribution in [-0.4, -0.2) is 36.1 Å². The monoisotopic (exact) mass is 805 g/mol. The number of carbonyl (C=O) groups is 4. The van der Waals surface area contributed by atoms with Crippen LogP contribution in [0.25, 0.3) is 0 Å². The Morgan fingerprint density at radius 2 is 1.24 bits per heavy atom. The number of esters is 3. The van der Waals surface area contributed by atoms with Crippen molar-refractivity contribution in [1.29, 1.82) is 0 Å². The summed E-state index contributed by atoms with van der Waals surface area (Å²) in [5.41, 5.74) is 3.12. The van der Waals surface area contributed by atoms with Crippen molar-refractivity contribution >= 4 is 24.0 Å². The number of hydrogen-bond donors (Lipinski definition) is 1. The molecule has 0 unspecified atom stereocenters. The van der Waals surface area contributed by atoms with Crippen molar-refractivity contribution in [2.45, 2.75) is 130 Å². The van der Waals surface area contributed by atoms with Crippen LogP contribution in [0.15, 0.2) is 91.0 Å². The molecule has 7 rings (SSSR count). The Morgan fingerprint density at radius 3 is 1.88 bits per heavy atom. The first-order chi connectivity index (χ1) is 28.5. The maximum Gasteiger partial charge on any atom is 0.408 e. The molecule has 0 aliphatic heterocycles. The van der Waals surface area contributed by atoms with Crippen LogP contribution in [-0.2, 0) is 53.2 Å². The summed E-state index contributed by atoms with van der Waals surface area (Å²) < 4.78 is 22.6. The molecule has 59 heavy (non-hydrogen) atoms. The first-order valence-corrected chi connectivity index (χ1v) is 22.1. The summed E-state index contributed by atoms with van der Waals surface area (Å²) in [5.74, 6) is 2.29. The molecular formula is C50H63NO8. The zero-order valence-corrected chi connectivity index (χ0v) is 35.2. The molecule has 10 atom stereocenters. The third kappa shape index (κ3) is 10.2. The number of nitrogens with one attached hydrogen (secondary N) is 1. The van der Waals surface area contributed by atoms with Gasteiger partial charge in [0.2, 0.25) is 0 Å². The van der Waals surface area contributed by atoms with Gasteiger partial charge in [-0.05, 0) is 127 Å². The second-order valence-electron chi connectivity index (χ2n) is 18.5. The van der Waals surface area contributed by atoms with Crippen LogP contribution in [0.4, 0.5) is 4.79 Å². The van der Waals surface area contributed by atoms with E-state index in [1.165, 1.54) is 32.1 Å². The molecule has 0 heterocycles. The van der Waals surface area contributed by atoms with E-state index in [-0.39, 0.29) is 37.1 Å². The second kappa shape index (κ2) is 19.2. The van der Waals surface area contributed by atoms with Gasteiger partial charge in [-0.2, -0.15) is 0 Å². The highest BCUT2D eigenvalue weighted by atomic mass is 16.6. The molecule has 3 aromatic rings. The molecule has 1 amide bonds. The average molecular weight is 806 g/mol. The first-order valence-electron chi connectivity index (χ1n) is 22.1. The lowest BCUT2D eigenvalue weighted by Crippen LogP contribution is -2.54. The quantitative estimate of drug-likeness (QED) is 0.119. The molecule has 0 bridgehead atoms. The number of fused-ring (bicyclic) bond motifs is 5. The van der Waals surface area contributed by atoms with E-state index in [4.69, 9.17) is 18.9 Å². The van der Waals surface area contributed by atoms with E-state index in [0.717, 1.165) is 48.8 Å². The van der Waals surface area contributed by atoms with Crippen molar-refractivity contribution in [3.63, 3.8) is 0 Å². The molecule has 0 radical (unpaired) electrons. The van der Waals surface area contributed by atoms with Gasteiger partial charge in [0, 0.05) is 6.42 Å². The van der Waals surface area contributed by atoms with E-state index in [2.05, 4.69) is 26.1 Å². The van der Waals surface area contributed by atoms with Gasteiger partial charge >= 0.3 is 24.0 Å². The van der Waals surface area contributed by atoms with Gasteiger partial charge in [0.15, 0.2) is 0 Å². The van der Waals surface area contributed by atoms with Crippen LogP contribution in [0.5, 0.6) is 0 Å². The van der Waals surface area contributed by atoms with Gasteiger partial charge in [-0.15, -0.1) is 0 Å². The predicted octanol–water partition coefficient (Wildman–Crippen LogP) is 10.1. The van der Waals surface area contributed by atoms with Crippen molar-refractivity contribution in [3.8, 4) is 0 Å². The maximum absolute atomic E-state index is 13.5. The molecule has 4 aliphatic carbocycles. The maximum atomic E-state index is 13.5. The van der Waals surface area contributed by atoms with Gasteiger partial charge in [0.25, 0.3) is 0 Å². The Morgan fingerprint density at radius 1 is 0.661 bits per heavy atom. The zero-order chi connectivity index (χ0) is 41.4. The Labute approximate surface area is 350 Å². The fraction of sp³-hybridized carbons (Fsp3) is 0.560. The van der Waals surface area contributed by atoms with E-state index in [1.54, 1.807) is 0 Å². The normalized spacial score (nSPS) is 29.3. The molecule has 4 saturated carbocycles. The van der Waals surface area contributed by atoms with E-state index < -0.39 is 24.1 Å². The highest BCUT2D eigenvalue weighted by molar-refractivity contribution is 5.86. The van der Waals surface area contributed by atoms with Crippen LogP contribution >= 0.6 is 0 Å². The lowest BCUT2D eigenvalue weighted by atomic mass is 9.44. The molecule has 0 saturated heterocycles. The minimum atomic E-state index is -1.25. The minimum absolute atomic E-state index is 0.0166. The summed E-state index contributed by atoms with van der Waals surface area (Å²) in [7, 11) is 0. The van der Waals surface area contributed by atoms with Gasteiger partial charge in [-0.3, -0.25) is 9.59 Å². The van der Waals surface area contributed by atoms with E-state index in [9.17, 15) is 19.2 Å². The third-order valence-electron chi connectivity index (χ3n) is 15.1. The third-order valence-corrected chi connectivity index (χ3v) is 15.1. The van der Waals surface area contributed by atoms with Crippen molar-refractivity contribution in [2.24, 2.45) is 46.3 Å². The van der Waals surface area contributed by atoms with Crippen LogP contribution in [0.2, 0.25) is 0 Å². The number of alkyl carbamates (subject to hydrolysis) is 1. The van der Waals surface area contributed by atoms with Gasteiger partial charge in [-0.1, -0.05) is 112 Å². The number of rotatable bonds is 15. The van der Waals surface area contributed by atoms with E-state index in [1.807, 2.05) is 91.0 Å². The summed E-state index contributed by atoms with van der Waals surface area (Å²) in [5, 5.41) is 2.57. The van der Waals surface area contributed by atoms with Crippen molar-refractivity contribution in [1.82, 2.24) is 5.32 Å². The summed E-state index contributed by atoms with van der Waals surface area (Å²) >= 11 is 0. The van der Waals surface area contributed by atoms with Gasteiger partial charge < -0.3 is 24.3 Å². The highest BCUT2D eigenvalue weighted by Crippen LogP contribution is 2.68. The SMILES string of the molecule is C[C@H](CCC(=O)OCc1ccccc1)[C@H]1CC[C@H]2[C@@H]3CC[C@@H]4C[C@@H](OC(=O)C[C@H](NC(=O)OCc5ccccc5)C(=O)OCc5ccccc5)CC[C@]4(C)[C@H]3CC[C@]12C. The number of carbonyl (C=O) groups excluding carboxylic acids is 4. The lowest BCUT2D eigenvalue weighted by molar-refractivity contribution is -0.165. The minimum Gasteiger partial charge on any atom is -0.462 e. The van der Waals surface area contributed by atoms with Crippen LogP contribution in [0, 0.1) is 46.3 Å². The van der Waals surface area contributed by atoms with Crippen molar-refractivity contribution < 1.29 is 38.1 Å². The molecule has 316 valence electrons. The summed E-state index contributed by atoms with van der Waals surface area (Å²) in [6.07, 6.45) is 9.92. The molecular weight excluding hydrogens is 743 g/mol. The standard InChI is InChI=1S/C50H63NO8/c1-34(19-24-45(52)56-31-35-13-7-4-8-14-35)41-22-23-42-40-21-20-38-29-39(25-27-49(38,2)43(40)26-28-50(41,42)3)59-46(53)30-44(47(54)57-32-36-15-9-5-10-16-36)51-48(55)58-33-37-17-11-6-12-18-37/h4-18,34,38-44H,19-33H2,1-3H3,(H,51,55)/t34-,38-,39+,40+,41-,42+,43+,44+,49+,50-/m1/s1. The average Bonchev–Trinajstić information content (AvgIpc) is 3.61. The van der Waals surface area contributed by atoms with Gasteiger partial charge in [0.05, 0.1) is 6.42 Å². The Balaban J connectivity index is 0.908. The summed E-state index contributed by atoms with van der Waals surface area (Å²) in [4.78, 5) is 52.3. The molecule has 9 nitrogen and oxygen atoms in total. The molecule has 3 aromatic carbocycles. The predicted molar refractivity (Wildman–Crippen MR) is 224 cm³/mol. The molecule has 1 N–H and O–H groups in total. The number of ether oxygens (including phenoxy) is 4. The Kier molecular flexibility index (Phi) is 13.8. The number of hydrogen-bond acceptors (Lipinski definition) is 8. The van der Waals surface area contributed by atoms with Crippen molar-refractivity contribution in [2.75, 3.05) is 0 Å². The zero-order valence-electron chi connectivity index (χ0n) is 35.2. The van der Waals surface area contributed by atoms with Gasteiger partial charge in [-0.25, -0.2) is 9.59 Å². The van der Waals surface area contributed by atoms with Crippen LogP contribution in [0.3, 0.4) is 0 Å². The molecule has 0 spiro atoms. The fourth-order valence-electron chi connectivity index (χ4n) is 12.0. The van der Waals surface area contributed by atoms with Crippen molar-refractivity contribution in [3.05, 3.63) is 108 Å². The molecule has 4 fully saturated rings. The second-order valence-corrected chi connectivity index (χ2v) is 18.5. The topological polar surface area (TPSA) is 117 Å². The Bertz CT molecular complexity index is 1870. The summed E-state index contributed by atoms with van der Waals surface area (Å²) in [6, 6.07) is 27.2. The van der Waals surface area contributed by atoms with Gasteiger partial charge in [0.1, 0.15) is 32.0 Å².